The number of aromatic nitrogens is 4. The monoisotopic (exact) mass is 916 g/mol. The van der Waals surface area contributed by atoms with Crippen LogP contribution in [-0.2, 0) is 19.5 Å². The summed E-state index contributed by atoms with van der Waals surface area (Å²) in [7, 11) is 0. The number of hydrogen-bond donors (Lipinski definition) is 2. The first-order chi connectivity index (χ1) is 27.0. The summed E-state index contributed by atoms with van der Waals surface area (Å²) >= 11 is 4.67. The van der Waals surface area contributed by atoms with Crippen LogP contribution < -0.4 is 10.2 Å². The van der Waals surface area contributed by atoms with E-state index in [-0.39, 0.29) is 39.0 Å². The van der Waals surface area contributed by atoms with Gasteiger partial charge in [-0.05, 0) is 119 Å². The maximum atomic E-state index is 11.1. The fourth-order valence-electron chi connectivity index (χ4n) is 5.32. The molecule has 0 unspecified atom stereocenters. The minimum atomic E-state index is -1.20. The second-order valence-electron chi connectivity index (χ2n) is 11.6. The molecule has 57 heavy (non-hydrogen) atoms. The summed E-state index contributed by atoms with van der Waals surface area (Å²) < 4.78 is 0. The molecule has 0 fully saturated rings. The third-order valence-corrected chi connectivity index (χ3v) is 12.4. The van der Waals surface area contributed by atoms with Gasteiger partial charge in [-0.25, -0.2) is 9.59 Å². The van der Waals surface area contributed by atoms with E-state index in [9.17, 15) is 29.4 Å². The zero-order valence-electron chi connectivity index (χ0n) is 28.7. The van der Waals surface area contributed by atoms with Crippen molar-refractivity contribution in [2.75, 3.05) is 0 Å². The summed E-state index contributed by atoms with van der Waals surface area (Å²) in [6, 6.07) is 27.8. The minimum absolute atomic E-state index is 0. The van der Waals surface area contributed by atoms with Gasteiger partial charge in [0.1, 0.15) is 9.75 Å². The van der Waals surface area contributed by atoms with E-state index in [4.69, 9.17) is 10.2 Å². The minimum Gasteiger partial charge on any atom is -0.544 e. The van der Waals surface area contributed by atoms with Crippen molar-refractivity contribution < 1.29 is 59.1 Å². The number of hydrogen-bond acceptors (Lipinski definition) is 14. The number of pyridine rings is 4. The third-order valence-electron chi connectivity index (χ3n) is 7.95. The van der Waals surface area contributed by atoms with Crippen molar-refractivity contribution >= 4 is 69.2 Å². The molecule has 0 aliphatic carbocycles. The van der Waals surface area contributed by atoms with E-state index in [2.05, 4.69) is 19.9 Å². The average Bonchev–Trinajstić information content (AvgIpc) is 4.05. The van der Waals surface area contributed by atoms with Gasteiger partial charge in [-0.3, -0.25) is 19.9 Å². The van der Waals surface area contributed by atoms with E-state index in [1.165, 1.54) is 34.8 Å². The van der Waals surface area contributed by atoms with Crippen molar-refractivity contribution in [2.24, 2.45) is 0 Å². The van der Waals surface area contributed by atoms with Gasteiger partial charge in [0.2, 0.25) is 0 Å². The predicted octanol–water partition coefficient (Wildman–Crippen LogP) is 7.32. The van der Waals surface area contributed by atoms with Gasteiger partial charge in [0.15, 0.2) is 0 Å². The molecule has 0 amide bonds. The fourth-order valence-corrected chi connectivity index (χ4v) is 8.67. The number of aromatic carboxylic acids is 4. The number of thiophene rings is 4. The summed E-state index contributed by atoms with van der Waals surface area (Å²) in [4.78, 5) is 65.8. The molecule has 8 heterocycles. The molecule has 0 spiro atoms. The van der Waals surface area contributed by atoms with Crippen LogP contribution in [0.3, 0.4) is 0 Å². The quantitative estimate of drug-likeness (QED) is 0.130. The second-order valence-corrected chi connectivity index (χ2v) is 15.9. The molecular formula is C40H22N4O8RuS4. The van der Waals surface area contributed by atoms with E-state index in [0.29, 0.717) is 22.8 Å². The number of carbonyl (C=O) groups excluding carboxylic acids is 2. The Kier molecular flexibility index (Phi) is 12.7. The third kappa shape index (κ3) is 9.48. The summed E-state index contributed by atoms with van der Waals surface area (Å²) in [6.45, 7) is 0. The Morgan fingerprint density at radius 2 is 0.649 bits per heavy atom. The van der Waals surface area contributed by atoms with Crippen LogP contribution in [-0.4, -0.2) is 54.0 Å². The molecule has 0 aromatic carbocycles. The Morgan fingerprint density at radius 3 is 0.860 bits per heavy atom. The summed E-state index contributed by atoms with van der Waals surface area (Å²) in [5.74, 6) is -4.30. The van der Waals surface area contributed by atoms with Crippen LogP contribution >= 0.6 is 45.3 Å². The van der Waals surface area contributed by atoms with Crippen molar-refractivity contribution in [1.82, 2.24) is 19.9 Å². The predicted molar refractivity (Wildman–Crippen MR) is 211 cm³/mol. The zero-order chi connectivity index (χ0) is 39.3. The van der Waals surface area contributed by atoms with Gasteiger partial charge in [0, 0.05) is 44.3 Å². The molecule has 0 bridgehead atoms. The summed E-state index contributed by atoms with van der Waals surface area (Å²) in [5, 5.41) is 40.2. The molecule has 0 atom stereocenters. The standard InChI is InChI=1S/2C20H12N2O4S2.Ru/c2*23-19(24)17-3-1-15(27-17)11-5-7-21-13(9-11)14-10-12(6-8-22-14)16-2-4-18(28-16)20(25)26;/h2*1-10H,(H,23,24)(H,25,26);/q;;+2/p-2. The maximum Gasteiger partial charge on any atom is 2.00 e. The molecule has 17 heteroatoms. The molecule has 2 N–H and O–H groups in total. The van der Waals surface area contributed by atoms with Crippen molar-refractivity contribution in [3.8, 4) is 64.5 Å². The number of carbonyl (C=O) groups is 4. The molecule has 282 valence electrons. The largest absolute Gasteiger partial charge is 2.00 e. The van der Waals surface area contributed by atoms with E-state index < -0.39 is 23.9 Å². The molecule has 8 aromatic rings. The van der Waals surface area contributed by atoms with E-state index in [0.717, 1.165) is 64.4 Å². The van der Waals surface area contributed by atoms with Gasteiger partial charge in [-0.1, -0.05) is 0 Å². The molecule has 0 aliphatic heterocycles. The zero-order valence-corrected chi connectivity index (χ0v) is 33.7. The molecule has 0 saturated carbocycles. The van der Waals surface area contributed by atoms with Gasteiger partial charge >= 0.3 is 31.4 Å². The molecule has 8 rings (SSSR count). The van der Waals surface area contributed by atoms with Crippen LogP contribution in [0.1, 0.15) is 38.7 Å². The second kappa shape index (κ2) is 17.8. The van der Waals surface area contributed by atoms with Crippen LogP contribution in [0.25, 0.3) is 64.5 Å². The van der Waals surface area contributed by atoms with Crippen molar-refractivity contribution in [2.45, 2.75) is 0 Å². The van der Waals surface area contributed by atoms with Crippen LogP contribution in [0, 0.1) is 0 Å². The Balaban J connectivity index is 0.000000189. The Labute approximate surface area is 351 Å². The molecule has 0 aliphatic rings. The number of nitrogens with zero attached hydrogens (tertiary/aromatic N) is 4. The van der Waals surface area contributed by atoms with E-state index >= 15 is 0 Å². The number of rotatable bonds is 10. The first-order valence-electron chi connectivity index (χ1n) is 16.2. The maximum absolute atomic E-state index is 11.1. The first kappa shape index (κ1) is 40.6. The van der Waals surface area contributed by atoms with Crippen LogP contribution in [0.15, 0.2) is 122 Å². The normalized spacial score (nSPS) is 10.5. The average molecular weight is 916 g/mol. The summed E-state index contributed by atoms with van der Waals surface area (Å²) in [5.41, 5.74) is 5.92. The Bertz CT molecular complexity index is 2400. The Morgan fingerprint density at radius 1 is 0.404 bits per heavy atom. The van der Waals surface area contributed by atoms with E-state index in [1.54, 1.807) is 73.3 Å². The molecule has 0 saturated heterocycles. The van der Waals surface area contributed by atoms with Crippen LogP contribution in [0.4, 0.5) is 0 Å². The summed E-state index contributed by atoms with van der Waals surface area (Å²) in [6.07, 6.45) is 6.59. The van der Waals surface area contributed by atoms with Crippen LogP contribution in [0.2, 0.25) is 0 Å². The van der Waals surface area contributed by atoms with Gasteiger partial charge in [0.05, 0.1) is 44.5 Å². The molecule has 12 nitrogen and oxygen atoms in total. The molecular weight excluding hydrogens is 894 g/mol. The number of carboxylic acids is 4. The van der Waals surface area contributed by atoms with Crippen molar-refractivity contribution in [3.63, 3.8) is 0 Å². The van der Waals surface area contributed by atoms with Crippen molar-refractivity contribution in [1.29, 1.82) is 0 Å². The Hall–Kier alpha value is -6.10. The molecule has 0 radical (unpaired) electrons. The topological polar surface area (TPSA) is 206 Å². The van der Waals surface area contributed by atoms with Gasteiger partial charge in [-0.2, -0.15) is 0 Å². The van der Waals surface area contributed by atoms with Crippen LogP contribution in [0.5, 0.6) is 0 Å². The van der Waals surface area contributed by atoms with Crippen molar-refractivity contribution in [3.05, 3.63) is 141 Å². The van der Waals surface area contributed by atoms with E-state index in [1.807, 2.05) is 36.4 Å². The molecule has 8 aromatic heterocycles. The van der Waals surface area contributed by atoms with Gasteiger partial charge in [-0.15, -0.1) is 45.3 Å². The first-order valence-corrected chi connectivity index (χ1v) is 19.4. The smallest absolute Gasteiger partial charge is 0.544 e. The van der Waals surface area contributed by atoms with Gasteiger partial charge in [0.25, 0.3) is 0 Å². The SMILES string of the molecule is O=C([O-])c1ccc(-c2ccnc(-c3cc(-c4ccc(C(=O)O)s4)ccn3)c2)s1.O=C([O-])c1ccc(-c2ccnc(-c3cc(-c4ccc(C(=O)O)s4)ccn3)c2)s1.[Ru+2]. The fraction of sp³-hybridized carbons (Fsp3) is 0. The number of carboxylic acid groups (broad SMARTS) is 4. The van der Waals surface area contributed by atoms with Gasteiger partial charge < -0.3 is 30.0 Å².